The summed E-state index contributed by atoms with van der Waals surface area (Å²) in [4.78, 5) is 10.4. The highest BCUT2D eigenvalue weighted by Crippen LogP contribution is 2.18. The van der Waals surface area contributed by atoms with Gasteiger partial charge >= 0.3 is 5.97 Å². The predicted octanol–water partition coefficient (Wildman–Crippen LogP) is 2.52. The summed E-state index contributed by atoms with van der Waals surface area (Å²) in [5.74, 6) is -0.622. The Balaban J connectivity index is 2.64. The van der Waals surface area contributed by atoms with Crippen molar-refractivity contribution in [3.8, 4) is 5.75 Å². The monoisotopic (exact) mass is 264 g/mol. The lowest BCUT2D eigenvalue weighted by Crippen LogP contribution is -2.19. The van der Waals surface area contributed by atoms with Gasteiger partial charge in [0.1, 0.15) is 5.75 Å². The Morgan fingerprint density at radius 3 is 2.46 bits per heavy atom. The molecule has 1 N–H and O–H groups in total. The first kappa shape index (κ1) is 10.3. The van der Waals surface area contributed by atoms with Gasteiger partial charge in [0.15, 0.2) is 0 Å². The number of rotatable bonds is 3. The summed E-state index contributed by atoms with van der Waals surface area (Å²) in [6.07, 6.45) is 0. The Bertz CT molecular complexity index is 299. The number of carboxylic acids is 1. The number of hydrogen-bond donors (Lipinski definition) is 1. The number of halogens is 2. The maximum atomic E-state index is 10.4. The molecule has 0 heterocycles. The van der Waals surface area contributed by atoms with Crippen molar-refractivity contribution < 1.29 is 14.6 Å². The molecule has 0 spiro atoms. The van der Waals surface area contributed by atoms with Crippen molar-refractivity contribution in [1.82, 2.24) is 0 Å². The maximum Gasteiger partial charge on any atom is 0.356 e. The van der Waals surface area contributed by atoms with Crippen LogP contribution in [0.15, 0.2) is 24.3 Å². The summed E-state index contributed by atoms with van der Waals surface area (Å²) < 4.78 is 4.99. The second-order valence-electron chi connectivity index (χ2n) is 2.23. The van der Waals surface area contributed by atoms with Crippen LogP contribution in [0.5, 0.6) is 5.75 Å². The van der Waals surface area contributed by atoms with Crippen LogP contribution in [0.4, 0.5) is 0 Å². The first-order valence-corrected chi connectivity index (χ1v) is 4.68. The molecule has 1 aromatic rings. The van der Waals surface area contributed by atoms with E-state index in [1.165, 1.54) is 0 Å². The van der Waals surface area contributed by atoms with Crippen molar-refractivity contribution in [1.29, 1.82) is 0 Å². The fraction of sp³-hybridized carbons (Fsp3) is 0.125. The highest BCUT2D eigenvalue weighted by Gasteiger charge is 2.13. The number of benzene rings is 1. The minimum absolute atomic E-state index is 0.452. The summed E-state index contributed by atoms with van der Waals surface area (Å²) in [5, 5.41) is 8.04. The molecule has 0 aliphatic rings. The van der Waals surface area contributed by atoms with Gasteiger partial charge < -0.3 is 9.84 Å². The Labute approximate surface area is 88.4 Å². The van der Waals surface area contributed by atoms with Gasteiger partial charge in [-0.15, -0.1) is 0 Å². The van der Waals surface area contributed by atoms with Gasteiger partial charge in [-0.2, -0.15) is 0 Å². The van der Waals surface area contributed by atoms with Gasteiger partial charge in [-0.25, -0.2) is 4.79 Å². The molecule has 0 bridgehead atoms. The zero-order valence-corrected chi connectivity index (χ0v) is 8.75. The predicted molar refractivity (Wildman–Crippen MR) is 52.4 cm³/mol. The number of carbonyl (C=O) groups is 1. The molecule has 0 aliphatic heterocycles. The number of hydrogen-bond acceptors (Lipinski definition) is 2. The third-order valence-corrected chi connectivity index (χ3v) is 2.08. The van der Waals surface area contributed by atoms with E-state index in [-0.39, 0.29) is 0 Å². The number of ether oxygens (including phenoxy) is 1. The minimum atomic E-state index is -1.07. The molecule has 0 saturated carbocycles. The molecule has 0 amide bonds. The van der Waals surface area contributed by atoms with E-state index in [1.54, 1.807) is 24.3 Å². The molecule has 13 heavy (non-hydrogen) atoms. The van der Waals surface area contributed by atoms with E-state index in [9.17, 15) is 4.79 Å². The molecule has 1 aromatic carbocycles. The molecule has 1 atom stereocenters. The van der Waals surface area contributed by atoms with E-state index in [0.29, 0.717) is 10.8 Å². The Hall–Kier alpha value is -0.740. The Morgan fingerprint density at radius 1 is 1.46 bits per heavy atom. The van der Waals surface area contributed by atoms with Crippen LogP contribution in [0.1, 0.15) is 0 Å². The molecule has 0 fully saturated rings. The minimum Gasteiger partial charge on any atom is -0.478 e. The number of aliphatic carboxylic acids is 1. The van der Waals surface area contributed by atoms with E-state index < -0.39 is 11.0 Å². The summed E-state index contributed by atoms with van der Waals surface area (Å²) in [6, 6.07) is 6.44. The molecular formula is C8H6BrClO3. The van der Waals surface area contributed by atoms with Gasteiger partial charge in [-0.3, -0.25) is 0 Å². The van der Waals surface area contributed by atoms with E-state index in [2.05, 4.69) is 15.9 Å². The standard InChI is InChI=1S/C8H6BrClO3/c9-7(8(11)12)13-6-3-1-5(10)2-4-6/h1-4,7H,(H,11,12). The molecule has 0 aromatic heterocycles. The molecule has 1 unspecified atom stereocenters. The zero-order chi connectivity index (χ0) is 9.84. The number of alkyl halides is 1. The molecule has 0 aliphatic carbocycles. The lowest BCUT2D eigenvalue weighted by molar-refractivity contribution is -0.140. The summed E-state index contributed by atoms with van der Waals surface area (Å²) in [5.41, 5.74) is 0. The average molecular weight is 265 g/mol. The SMILES string of the molecule is O=C(O)C(Br)Oc1ccc(Cl)cc1. The van der Waals surface area contributed by atoms with Crippen molar-refractivity contribution in [2.75, 3.05) is 0 Å². The van der Waals surface area contributed by atoms with E-state index in [4.69, 9.17) is 21.4 Å². The van der Waals surface area contributed by atoms with Gasteiger partial charge in [0.05, 0.1) is 0 Å². The van der Waals surface area contributed by atoms with Crippen LogP contribution >= 0.6 is 27.5 Å². The second kappa shape index (κ2) is 4.48. The van der Waals surface area contributed by atoms with Gasteiger partial charge in [0, 0.05) is 5.02 Å². The molecule has 0 radical (unpaired) electrons. The summed E-state index contributed by atoms with van der Waals surface area (Å²) in [7, 11) is 0. The topological polar surface area (TPSA) is 46.5 Å². The van der Waals surface area contributed by atoms with Crippen molar-refractivity contribution in [2.45, 2.75) is 5.01 Å². The highest BCUT2D eigenvalue weighted by molar-refractivity contribution is 9.09. The first-order valence-electron chi connectivity index (χ1n) is 3.38. The van der Waals surface area contributed by atoms with Crippen LogP contribution in [0, 0.1) is 0 Å². The van der Waals surface area contributed by atoms with E-state index in [1.807, 2.05) is 0 Å². The van der Waals surface area contributed by atoms with Crippen LogP contribution in [0.3, 0.4) is 0 Å². The maximum absolute atomic E-state index is 10.4. The third kappa shape index (κ3) is 3.24. The number of carboxylic acid groups (broad SMARTS) is 1. The normalized spacial score (nSPS) is 12.2. The smallest absolute Gasteiger partial charge is 0.356 e. The fourth-order valence-corrected chi connectivity index (χ4v) is 1.02. The first-order chi connectivity index (χ1) is 6.09. The van der Waals surface area contributed by atoms with Crippen molar-refractivity contribution in [3.05, 3.63) is 29.3 Å². The largest absolute Gasteiger partial charge is 0.478 e. The van der Waals surface area contributed by atoms with Gasteiger partial charge in [0.2, 0.25) is 5.01 Å². The van der Waals surface area contributed by atoms with Gasteiger partial charge in [0.25, 0.3) is 0 Å². The quantitative estimate of drug-likeness (QED) is 0.854. The second-order valence-corrected chi connectivity index (χ2v) is 3.49. The molecule has 5 heteroatoms. The zero-order valence-electron chi connectivity index (χ0n) is 6.41. The molecule has 3 nitrogen and oxygen atoms in total. The van der Waals surface area contributed by atoms with E-state index >= 15 is 0 Å². The van der Waals surface area contributed by atoms with Gasteiger partial charge in [-0.1, -0.05) is 11.6 Å². The lowest BCUT2D eigenvalue weighted by atomic mass is 10.3. The van der Waals surface area contributed by atoms with E-state index in [0.717, 1.165) is 0 Å². The van der Waals surface area contributed by atoms with Crippen molar-refractivity contribution >= 4 is 33.5 Å². The van der Waals surface area contributed by atoms with Crippen molar-refractivity contribution in [2.24, 2.45) is 0 Å². The van der Waals surface area contributed by atoms with Crippen LogP contribution < -0.4 is 4.74 Å². The fourth-order valence-electron chi connectivity index (χ4n) is 0.683. The van der Waals surface area contributed by atoms with Crippen LogP contribution in [-0.4, -0.2) is 16.1 Å². The molecule has 1 rings (SSSR count). The third-order valence-electron chi connectivity index (χ3n) is 1.25. The summed E-state index contributed by atoms with van der Waals surface area (Å²) in [6.45, 7) is 0. The van der Waals surface area contributed by atoms with Crippen LogP contribution in [0.2, 0.25) is 5.02 Å². The Morgan fingerprint density at radius 2 is 2.00 bits per heavy atom. The Kier molecular flexibility index (Phi) is 3.57. The highest BCUT2D eigenvalue weighted by atomic mass is 79.9. The molecule has 70 valence electrons. The summed E-state index contributed by atoms with van der Waals surface area (Å²) >= 11 is 8.47. The van der Waals surface area contributed by atoms with Crippen LogP contribution in [-0.2, 0) is 4.79 Å². The molecular weight excluding hydrogens is 259 g/mol. The van der Waals surface area contributed by atoms with Crippen molar-refractivity contribution in [3.63, 3.8) is 0 Å². The average Bonchev–Trinajstić information content (AvgIpc) is 2.08. The molecule has 0 saturated heterocycles. The van der Waals surface area contributed by atoms with Gasteiger partial charge in [-0.05, 0) is 40.2 Å². The lowest BCUT2D eigenvalue weighted by Gasteiger charge is -2.07. The van der Waals surface area contributed by atoms with Crippen LogP contribution in [0.25, 0.3) is 0 Å².